The summed E-state index contributed by atoms with van der Waals surface area (Å²) in [7, 11) is 0. The van der Waals surface area contributed by atoms with E-state index in [1.165, 1.54) is 22.3 Å². The van der Waals surface area contributed by atoms with E-state index < -0.39 is 5.41 Å². The van der Waals surface area contributed by atoms with Crippen LogP contribution in [0.15, 0.2) is 239 Å². The second-order valence-electron chi connectivity index (χ2n) is 17.7. The topological polar surface area (TPSA) is 61.3 Å². The summed E-state index contributed by atoms with van der Waals surface area (Å²) < 4.78 is 19.4. The molecule has 12 aromatic rings. The van der Waals surface area contributed by atoms with Gasteiger partial charge in [-0.15, -0.1) is 0 Å². The van der Waals surface area contributed by atoms with Gasteiger partial charge in [0.2, 0.25) is 11.8 Å². The van der Waals surface area contributed by atoms with E-state index in [9.17, 15) is 0 Å². The molecule has 3 heterocycles. The first-order valence-electron chi connectivity index (χ1n) is 22.9. The van der Waals surface area contributed by atoms with Gasteiger partial charge in [0.25, 0.3) is 0 Å². The fourth-order valence-electron chi connectivity index (χ4n) is 10.7. The SMILES string of the molecule is c1ccc(-c2nc3ccc(-c4cc(-c5cccc(-c6ccc7c(c6)C6(c8ccccc8Oc8ccccc86)c6ccccc6-7)c5)cc(-c5ccc6nc(-c7ccccc7)oc6c5)c4)cc3o2)cc1. The molecular weight excluding hydrogens is 833 g/mol. The van der Waals surface area contributed by atoms with Crippen molar-refractivity contribution in [2.75, 3.05) is 0 Å². The van der Waals surface area contributed by atoms with Gasteiger partial charge in [-0.1, -0.05) is 140 Å². The van der Waals surface area contributed by atoms with Gasteiger partial charge in [-0.2, -0.15) is 0 Å². The van der Waals surface area contributed by atoms with Crippen LogP contribution in [-0.4, -0.2) is 9.97 Å². The van der Waals surface area contributed by atoms with Gasteiger partial charge in [-0.25, -0.2) is 9.97 Å². The van der Waals surface area contributed by atoms with E-state index >= 15 is 0 Å². The first kappa shape index (κ1) is 38.2. The van der Waals surface area contributed by atoms with Crippen LogP contribution in [0.5, 0.6) is 11.5 Å². The Kier molecular flexibility index (Phi) is 8.43. The largest absolute Gasteiger partial charge is 0.457 e. The van der Waals surface area contributed by atoms with Crippen LogP contribution < -0.4 is 4.74 Å². The maximum absolute atomic E-state index is 6.62. The molecule has 0 amide bonds. The highest BCUT2D eigenvalue weighted by molar-refractivity contribution is 5.92. The van der Waals surface area contributed by atoms with Gasteiger partial charge in [0.1, 0.15) is 22.5 Å². The highest BCUT2D eigenvalue weighted by Crippen LogP contribution is 2.62. The summed E-state index contributed by atoms with van der Waals surface area (Å²) in [4.78, 5) is 9.67. The molecule has 0 saturated carbocycles. The maximum Gasteiger partial charge on any atom is 0.227 e. The lowest BCUT2D eigenvalue weighted by Gasteiger charge is -2.39. The van der Waals surface area contributed by atoms with E-state index in [-0.39, 0.29) is 0 Å². The van der Waals surface area contributed by atoms with Crippen LogP contribution in [0.4, 0.5) is 0 Å². The molecule has 2 aliphatic rings. The first-order chi connectivity index (χ1) is 33.6. The van der Waals surface area contributed by atoms with Crippen LogP contribution in [0.25, 0.3) is 101 Å². The highest BCUT2D eigenvalue weighted by Gasteiger charge is 2.51. The summed E-state index contributed by atoms with van der Waals surface area (Å²) in [5, 5.41) is 0. The monoisotopic (exact) mass is 870 g/mol. The summed E-state index contributed by atoms with van der Waals surface area (Å²) in [5.41, 5.74) is 20.4. The molecule has 0 radical (unpaired) electrons. The predicted octanol–water partition coefficient (Wildman–Crippen LogP) is 16.4. The van der Waals surface area contributed by atoms with Crippen molar-refractivity contribution < 1.29 is 13.6 Å². The average molecular weight is 871 g/mol. The highest BCUT2D eigenvalue weighted by atomic mass is 16.5. The van der Waals surface area contributed by atoms with Crippen LogP contribution in [0.3, 0.4) is 0 Å². The van der Waals surface area contributed by atoms with Crippen molar-refractivity contribution in [1.29, 1.82) is 0 Å². The second kappa shape index (κ2) is 15.0. The quantitative estimate of drug-likeness (QED) is 0.167. The molecule has 2 aromatic heterocycles. The van der Waals surface area contributed by atoms with E-state index in [1.807, 2.05) is 72.8 Å². The molecule has 5 nitrogen and oxygen atoms in total. The third kappa shape index (κ3) is 5.96. The normalized spacial score (nSPS) is 12.9. The van der Waals surface area contributed by atoms with E-state index in [1.54, 1.807) is 0 Å². The van der Waals surface area contributed by atoms with Gasteiger partial charge >= 0.3 is 0 Å². The zero-order chi connectivity index (χ0) is 44.8. The van der Waals surface area contributed by atoms with E-state index in [2.05, 4.69) is 158 Å². The van der Waals surface area contributed by atoms with Gasteiger partial charge in [-0.05, 0) is 158 Å². The summed E-state index contributed by atoms with van der Waals surface area (Å²) in [6.07, 6.45) is 0. The molecule has 0 N–H and O–H groups in total. The van der Waals surface area contributed by atoms with Crippen molar-refractivity contribution in [1.82, 2.24) is 9.97 Å². The third-order valence-electron chi connectivity index (χ3n) is 13.8. The fourth-order valence-corrected chi connectivity index (χ4v) is 10.7. The molecule has 10 aromatic carbocycles. The number of oxazole rings is 2. The number of ether oxygens (including phenoxy) is 1. The molecule has 14 rings (SSSR count). The molecule has 0 fully saturated rings. The molecular formula is C63H38N2O3. The molecule has 318 valence electrons. The lowest BCUT2D eigenvalue weighted by atomic mass is 9.66. The number of aromatic nitrogens is 2. The Bertz CT molecular complexity index is 3780. The molecule has 1 aliphatic heterocycles. The minimum absolute atomic E-state index is 0.548. The molecule has 0 atom stereocenters. The van der Waals surface area contributed by atoms with Crippen molar-refractivity contribution in [3.05, 3.63) is 253 Å². The molecule has 1 aliphatic carbocycles. The van der Waals surface area contributed by atoms with Crippen molar-refractivity contribution in [2.45, 2.75) is 5.41 Å². The lowest BCUT2D eigenvalue weighted by molar-refractivity contribution is 0.436. The first-order valence-corrected chi connectivity index (χ1v) is 22.9. The van der Waals surface area contributed by atoms with E-state index in [4.69, 9.17) is 23.5 Å². The van der Waals surface area contributed by atoms with Gasteiger partial charge in [-0.3, -0.25) is 0 Å². The Morgan fingerprint density at radius 3 is 1.26 bits per heavy atom. The Morgan fingerprint density at radius 1 is 0.279 bits per heavy atom. The van der Waals surface area contributed by atoms with E-state index in [0.717, 1.165) is 100 Å². The van der Waals surface area contributed by atoms with E-state index in [0.29, 0.717) is 11.8 Å². The number of fused-ring (bicyclic) bond motifs is 11. The summed E-state index contributed by atoms with van der Waals surface area (Å²) in [6.45, 7) is 0. The van der Waals surface area contributed by atoms with Crippen molar-refractivity contribution >= 4 is 22.2 Å². The molecule has 0 saturated heterocycles. The Balaban J connectivity index is 0.917. The number of hydrogen-bond acceptors (Lipinski definition) is 5. The minimum atomic E-state index is -0.548. The van der Waals surface area contributed by atoms with Gasteiger partial charge in [0.15, 0.2) is 11.2 Å². The second-order valence-corrected chi connectivity index (χ2v) is 17.7. The molecule has 68 heavy (non-hydrogen) atoms. The molecule has 1 spiro atoms. The number of benzene rings is 10. The zero-order valence-corrected chi connectivity index (χ0v) is 36.6. The predicted molar refractivity (Wildman–Crippen MR) is 272 cm³/mol. The smallest absolute Gasteiger partial charge is 0.227 e. The molecule has 0 bridgehead atoms. The van der Waals surface area contributed by atoms with Crippen LogP contribution in [0.2, 0.25) is 0 Å². The summed E-state index contributed by atoms with van der Waals surface area (Å²) >= 11 is 0. The lowest BCUT2D eigenvalue weighted by Crippen LogP contribution is -2.32. The fraction of sp³-hybridized carbons (Fsp3) is 0.0159. The Morgan fingerprint density at radius 2 is 0.691 bits per heavy atom. The maximum atomic E-state index is 6.62. The van der Waals surface area contributed by atoms with Crippen LogP contribution >= 0.6 is 0 Å². The number of hydrogen-bond donors (Lipinski definition) is 0. The van der Waals surface area contributed by atoms with Crippen molar-refractivity contribution in [3.63, 3.8) is 0 Å². The van der Waals surface area contributed by atoms with Crippen LogP contribution in [0.1, 0.15) is 22.3 Å². The standard InChI is InChI=1S/C63H38N2O3/c1-3-14-39(15-4-1)61-64-55-30-27-44(37-59(55)67-61)47-33-46(34-48(35-47)45-28-31-56-60(38-45)68-62(65-56)40-16-5-2-6-17-40)42-19-13-18-41(32-42)43-26-29-50-49-20-7-8-21-51(49)63(54(50)36-43)52-22-9-11-24-57(52)66-58-25-12-10-23-53(58)63/h1-38H. The minimum Gasteiger partial charge on any atom is -0.457 e. The van der Waals surface area contributed by atoms with Gasteiger partial charge < -0.3 is 13.6 Å². The Labute approximate surface area is 392 Å². The number of para-hydroxylation sites is 2. The third-order valence-corrected chi connectivity index (χ3v) is 13.8. The zero-order valence-electron chi connectivity index (χ0n) is 36.6. The van der Waals surface area contributed by atoms with Crippen molar-refractivity contribution in [3.8, 4) is 90.0 Å². The summed E-state index contributed by atoms with van der Waals surface area (Å²) in [6, 6.07) is 81.3. The van der Waals surface area contributed by atoms with Crippen LogP contribution in [-0.2, 0) is 5.41 Å². The number of rotatable bonds is 6. The average Bonchev–Trinajstić information content (AvgIpc) is 4.12. The molecule has 5 heteroatoms. The van der Waals surface area contributed by atoms with Crippen LogP contribution in [0, 0.1) is 0 Å². The van der Waals surface area contributed by atoms with Gasteiger partial charge in [0, 0.05) is 22.3 Å². The molecule has 0 unspecified atom stereocenters. The van der Waals surface area contributed by atoms with Crippen molar-refractivity contribution in [2.24, 2.45) is 0 Å². The summed E-state index contributed by atoms with van der Waals surface area (Å²) in [5.74, 6) is 2.97. The Hall–Kier alpha value is -9.06. The number of nitrogens with zero attached hydrogens (tertiary/aromatic N) is 2. The van der Waals surface area contributed by atoms with Gasteiger partial charge in [0.05, 0.1) is 5.41 Å².